The number of carboxylic acid groups (broad SMARTS) is 1. The zero-order valence-electron chi connectivity index (χ0n) is 24.2. The second kappa shape index (κ2) is 13.5. The molecule has 0 bridgehead atoms. The molecule has 6 rings (SSSR count). The summed E-state index contributed by atoms with van der Waals surface area (Å²) >= 11 is 1.33. The number of hydrogen-bond donors (Lipinski definition) is 3. The number of aliphatic hydroxyl groups excluding tert-OH is 1. The number of fused-ring (bicyclic) bond motifs is 1. The summed E-state index contributed by atoms with van der Waals surface area (Å²) in [6.45, 7) is 1.98. The molecule has 1 saturated heterocycles. The van der Waals surface area contributed by atoms with Crippen molar-refractivity contribution in [1.82, 2.24) is 15.0 Å². The van der Waals surface area contributed by atoms with Gasteiger partial charge in [-0.05, 0) is 47.5 Å². The number of amides is 1. The minimum atomic E-state index is -1.04. The molecule has 0 radical (unpaired) electrons. The average molecular weight is 623 g/mol. The lowest BCUT2D eigenvalue weighted by Crippen LogP contribution is -2.38. The fourth-order valence-corrected chi connectivity index (χ4v) is 6.28. The van der Waals surface area contributed by atoms with Crippen LogP contribution in [-0.2, 0) is 16.1 Å². The number of aliphatic hydroxyl groups is 1. The van der Waals surface area contributed by atoms with E-state index >= 15 is 0 Å². The first-order chi connectivity index (χ1) is 21.9. The van der Waals surface area contributed by atoms with Gasteiger partial charge in [-0.15, -0.1) is 11.8 Å². The summed E-state index contributed by atoms with van der Waals surface area (Å²) in [6.07, 6.45) is 1.64. The van der Waals surface area contributed by atoms with Gasteiger partial charge in [0.15, 0.2) is 6.29 Å². The van der Waals surface area contributed by atoms with E-state index in [0.717, 1.165) is 16.7 Å². The van der Waals surface area contributed by atoms with Gasteiger partial charge in [-0.2, -0.15) is 0 Å². The molecule has 0 aliphatic carbocycles. The second-order valence-electron chi connectivity index (χ2n) is 10.6. The van der Waals surface area contributed by atoms with Crippen LogP contribution >= 0.6 is 11.8 Å². The zero-order valence-corrected chi connectivity index (χ0v) is 25.1. The van der Waals surface area contributed by atoms with E-state index in [1.54, 1.807) is 30.5 Å². The van der Waals surface area contributed by atoms with E-state index in [0.29, 0.717) is 27.5 Å². The number of hydrogen-bond acceptors (Lipinski definition) is 9. The van der Waals surface area contributed by atoms with E-state index in [2.05, 4.69) is 20.3 Å². The van der Waals surface area contributed by atoms with Crippen LogP contribution in [0.5, 0.6) is 0 Å². The number of nitrogens with one attached hydrogen (secondary N) is 1. The third-order valence-electron chi connectivity index (χ3n) is 7.63. The molecule has 0 saturated carbocycles. The Morgan fingerprint density at radius 2 is 1.62 bits per heavy atom. The number of carbonyl (C=O) groups excluding carboxylic acids is 1. The molecule has 4 unspecified atom stereocenters. The standard InChI is InChI=1S/C34H30N4O6S/c1-20-29(19-45-32-25(33(41)42)5-4-16-35-32)43-34(44-30(20)22-10-8-21(18-39)9-11-22)23-12-14-24(15-13-23)37-31(40)28-17-36-26-6-2-3-7-27(26)38-28/h2-17,20,29-30,34,39H,18-19H2,1H3,(H,37,40)(H,41,42). The van der Waals surface area contributed by atoms with Crippen LogP contribution in [0.15, 0.2) is 102 Å². The highest BCUT2D eigenvalue weighted by Gasteiger charge is 2.38. The van der Waals surface area contributed by atoms with Crippen LogP contribution < -0.4 is 5.32 Å². The smallest absolute Gasteiger partial charge is 0.338 e. The van der Waals surface area contributed by atoms with Crippen LogP contribution in [0.2, 0.25) is 0 Å². The predicted molar refractivity (Wildman–Crippen MR) is 169 cm³/mol. The quantitative estimate of drug-likeness (QED) is 0.166. The number of thioether (sulfide) groups is 1. The van der Waals surface area contributed by atoms with Crippen molar-refractivity contribution in [1.29, 1.82) is 0 Å². The molecule has 2 aromatic heterocycles. The van der Waals surface area contributed by atoms with Gasteiger partial charge in [0, 0.05) is 29.1 Å². The lowest BCUT2D eigenvalue weighted by molar-refractivity contribution is -0.268. The molecule has 0 spiro atoms. The lowest BCUT2D eigenvalue weighted by Gasteiger charge is -2.41. The third kappa shape index (κ3) is 6.86. The number of pyridine rings is 1. The number of anilines is 1. The Bertz CT molecular complexity index is 1820. The van der Waals surface area contributed by atoms with Crippen molar-refractivity contribution in [3.8, 4) is 0 Å². The molecule has 1 fully saturated rings. The van der Waals surface area contributed by atoms with Gasteiger partial charge in [-0.25, -0.2) is 14.8 Å². The van der Waals surface area contributed by atoms with Crippen molar-refractivity contribution in [3.05, 3.63) is 125 Å². The number of aromatic carboxylic acids is 1. The Morgan fingerprint density at radius 3 is 2.36 bits per heavy atom. The number of nitrogens with zero attached hydrogens (tertiary/aromatic N) is 3. The highest BCUT2D eigenvalue weighted by Crippen LogP contribution is 2.43. The Hall–Kier alpha value is -4.68. The molecule has 3 aromatic carbocycles. The summed E-state index contributed by atoms with van der Waals surface area (Å²) in [4.78, 5) is 37.6. The molecule has 4 atom stereocenters. The lowest BCUT2D eigenvalue weighted by atomic mass is 9.91. The fourth-order valence-electron chi connectivity index (χ4n) is 5.12. The molecule has 228 valence electrons. The number of aromatic nitrogens is 3. The molecule has 1 aliphatic rings. The minimum Gasteiger partial charge on any atom is -0.478 e. The van der Waals surface area contributed by atoms with Crippen LogP contribution in [0.25, 0.3) is 11.0 Å². The van der Waals surface area contributed by atoms with Crippen LogP contribution in [0.4, 0.5) is 5.69 Å². The summed E-state index contributed by atoms with van der Waals surface area (Å²) in [7, 11) is 0. The molecule has 45 heavy (non-hydrogen) atoms. The Kier molecular flexibility index (Phi) is 9.13. The van der Waals surface area contributed by atoms with Gasteiger partial charge in [-0.3, -0.25) is 9.78 Å². The van der Waals surface area contributed by atoms with E-state index in [1.165, 1.54) is 24.0 Å². The van der Waals surface area contributed by atoms with Gasteiger partial charge in [-0.1, -0.05) is 55.5 Å². The first kappa shape index (κ1) is 30.4. The van der Waals surface area contributed by atoms with Crippen LogP contribution in [0.1, 0.15) is 56.9 Å². The van der Waals surface area contributed by atoms with E-state index in [1.807, 2.05) is 61.5 Å². The van der Waals surface area contributed by atoms with Crippen molar-refractivity contribution in [3.63, 3.8) is 0 Å². The number of rotatable bonds is 9. The minimum absolute atomic E-state index is 0.0569. The van der Waals surface area contributed by atoms with E-state index in [9.17, 15) is 19.8 Å². The van der Waals surface area contributed by atoms with Gasteiger partial charge in [0.25, 0.3) is 5.91 Å². The van der Waals surface area contributed by atoms with Crippen molar-refractivity contribution >= 4 is 40.4 Å². The van der Waals surface area contributed by atoms with E-state index in [-0.39, 0.29) is 41.9 Å². The predicted octanol–water partition coefficient (Wildman–Crippen LogP) is 6.05. The van der Waals surface area contributed by atoms with Crippen LogP contribution in [0.3, 0.4) is 0 Å². The molecule has 3 heterocycles. The van der Waals surface area contributed by atoms with Gasteiger partial charge < -0.3 is 25.0 Å². The average Bonchev–Trinajstić information content (AvgIpc) is 3.08. The summed E-state index contributed by atoms with van der Waals surface area (Å²) in [5, 5.41) is 22.4. The van der Waals surface area contributed by atoms with Crippen molar-refractivity contribution in [2.45, 2.75) is 37.1 Å². The fraction of sp³-hybridized carbons (Fsp3) is 0.206. The molecule has 1 amide bonds. The summed E-state index contributed by atoms with van der Waals surface area (Å²) in [6, 6.07) is 25.3. The maximum Gasteiger partial charge on any atom is 0.338 e. The number of carboxylic acids is 1. The molecule has 10 nitrogen and oxygen atoms in total. The Balaban J connectivity index is 1.21. The highest BCUT2D eigenvalue weighted by molar-refractivity contribution is 7.99. The normalized spacial score (nSPS) is 19.7. The van der Waals surface area contributed by atoms with Gasteiger partial charge in [0.2, 0.25) is 0 Å². The van der Waals surface area contributed by atoms with Crippen LogP contribution in [-0.4, -0.2) is 48.9 Å². The molecule has 11 heteroatoms. The maximum absolute atomic E-state index is 12.9. The SMILES string of the molecule is CC1C(CSc2ncccc2C(=O)O)OC(c2ccc(NC(=O)c3cnc4ccccc4n3)cc2)OC1c1ccc(CO)cc1. The number of carbonyl (C=O) groups is 2. The molecule has 1 aliphatic heterocycles. The summed E-state index contributed by atoms with van der Waals surface area (Å²) < 4.78 is 13.0. The maximum atomic E-state index is 12.9. The van der Waals surface area contributed by atoms with Gasteiger partial charge >= 0.3 is 5.97 Å². The molecular weight excluding hydrogens is 592 g/mol. The molecule has 3 N–H and O–H groups in total. The summed E-state index contributed by atoms with van der Waals surface area (Å²) in [5.74, 6) is -1.05. The Labute approximate surface area is 263 Å². The van der Waals surface area contributed by atoms with Gasteiger partial charge in [0.05, 0.1) is 41.6 Å². The van der Waals surface area contributed by atoms with E-state index in [4.69, 9.17) is 9.47 Å². The van der Waals surface area contributed by atoms with E-state index < -0.39 is 12.3 Å². The van der Waals surface area contributed by atoms with Crippen LogP contribution in [0, 0.1) is 5.92 Å². The largest absolute Gasteiger partial charge is 0.478 e. The first-order valence-corrected chi connectivity index (χ1v) is 15.3. The van der Waals surface area contributed by atoms with Crippen molar-refractivity contribution in [2.24, 2.45) is 5.92 Å². The number of para-hydroxylation sites is 2. The first-order valence-electron chi connectivity index (χ1n) is 14.3. The number of ether oxygens (including phenoxy) is 2. The van der Waals surface area contributed by atoms with Crippen molar-refractivity contribution < 1.29 is 29.3 Å². The molecular formula is C34H30N4O6S. The monoisotopic (exact) mass is 622 g/mol. The van der Waals surface area contributed by atoms with Gasteiger partial charge in [0.1, 0.15) is 10.7 Å². The van der Waals surface area contributed by atoms with Crippen molar-refractivity contribution in [2.75, 3.05) is 11.1 Å². The second-order valence-corrected chi connectivity index (χ2v) is 11.6. The Morgan fingerprint density at radius 1 is 0.889 bits per heavy atom. The third-order valence-corrected chi connectivity index (χ3v) is 8.73. The highest BCUT2D eigenvalue weighted by atomic mass is 32.2. The zero-order chi connectivity index (χ0) is 31.3. The molecule has 5 aromatic rings. The number of benzene rings is 3. The summed E-state index contributed by atoms with van der Waals surface area (Å²) in [5.41, 5.74) is 4.75. The topological polar surface area (TPSA) is 144 Å².